The van der Waals surface area contributed by atoms with Crippen molar-refractivity contribution in [3.8, 4) is 0 Å². The highest BCUT2D eigenvalue weighted by atomic mass is 32.1. The van der Waals surface area contributed by atoms with E-state index in [-0.39, 0.29) is 0 Å². The van der Waals surface area contributed by atoms with E-state index < -0.39 is 0 Å². The molecule has 2 aliphatic rings. The molecule has 2 atom stereocenters. The average molecular weight is 251 g/mol. The summed E-state index contributed by atoms with van der Waals surface area (Å²) in [6.45, 7) is 3.09. The highest BCUT2D eigenvalue weighted by Gasteiger charge is 2.34. The standard InChI is InChI=1S/C13H21N3S/c1-9-14-12(8-17-9)7-16(2)13-5-10-3-4-11(6-13)15-10/h8,10-11,13,15H,3-7H2,1-2H3. The first kappa shape index (κ1) is 11.6. The van der Waals surface area contributed by atoms with Crippen molar-refractivity contribution < 1.29 is 0 Å². The van der Waals surface area contributed by atoms with E-state index in [9.17, 15) is 0 Å². The summed E-state index contributed by atoms with van der Waals surface area (Å²) >= 11 is 1.76. The van der Waals surface area contributed by atoms with Gasteiger partial charge in [0.15, 0.2) is 0 Å². The number of hydrogen-bond acceptors (Lipinski definition) is 4. The third kappa shape index (κ3) is 2.54. The van der Waals surface area contributed by atoms with Gasteiger partial charge in [-0.1, -0.05) is 0 Å². The van der Waals surface area contributed by atoms with Crippen molar-refractivity contribution in [1.82, 2.24) is 15.2 Å². The SMILES string of the molecule is Cc1nc(CN(C)C2CC3CCC(C2)N3)cs1. The van der Waals surface area contributed by atoms with Crippen LogP contribution in [0.4, 0.5) is 0 Å². The van der Waals surface area contributed by atoms with Crippen molar-refractivity contribution in [2.24, 2.45) is 0 Å². The Hall–Kier alpha value is -0.450. The summed E-state index contributed by atoms with van der Waals surface area (Å²) in [7, 11) is 2.25. The maximum atomic E-state index is 4.56. The second kappa shape index (κ2) is 4.67. The molecule has 0 amide bonds. The molecule has 0 aromatic carbocycles. The Morgan fingerprint density at radius 3 is 2.71 bits per heavy atom. The predicted molar refractivity (Wildman–Crippen MR) is 71.3 cm³/mol. The van der Waals surface area contributed by atoms with Crippen LogP contribution >= 0.6 is 11.3 Å². The summed E-state index contributed by atoms with van der Waals surface area (Å²) in [6, 6.07) is 2.30. The molecule has 3 heterocycles. The van der Waals surface area contributed by atoms with Gasteiger partial charge in [0.05, 0.1) is 10.7 Å². The first-order valence-corrected chi connectivity index (χ1v) is 7.46. The number of aromatic nitrogens is 1. The molecule has 1 N–H and O–H groups in total. The molecule has 1 aromatic rings. The van der Waals surface area contributed by atoms with E-state index in [1.165, 1.54) is 36.4 Å². The van der Waals surface area contributed by atoms with Crippen molar-refractivity contribution in [3.05, 3.63) is 16.1 Å². The quantitative estimate of drug-likeness (QED) is 0.892. The lowest BCUT2D eigenvalue weighted by atomic mass is 9.98. The predicted octanol–water partition coefficient (Wildman–Crippen LogP) is 2.17. The van der Waals surface area contributed by atoms with Crippen molar-refractivity contribution in [3.63, 3.8) is 0 Å². The molecule has 2 aliphatic heterocycles. The van der Waals surface area contributed by atoms with Crippen LogP contribution in [0, 0.1) is 6.92 Å². The largest absolute Gasteiger partial charge is 0.311 e. The fraction of sp³-hybridized carbons (Fsp3) is 0.769. The molecule has 2 saturated heterocycles. The van der Waals surface area contributed by atoms with Gasteiger partial charge in [-0.3, -0.25) is 4.90 Å². The maximum Gasteiger partial charge on any atom is 0.0897 e. The summed E-state index contributed by atoms with van der Waals surface area (Å²) in [5.74, 6) is 0. The molecule has 2 fully saturated rings. The Kier molecular flexibility index (Phi) is 3.19. The fourth-order valence-electron chi connectivity index (χ4n) is 3.25. The Morgan fingerprint density at radius 1 is 1.41 bits per heavy atom. The van der Waals surface area contributed by atoms with Gasteiger partial charge in [0, 0.05) is 30.1 Å². The molecule has 0 radical (unpaired) electrons. The minimum Gasteiger partial charge on any atom is -0.311 e. The normalized spacial score (nSPS) is 32.3. The minimum absolute atomic E-state index is 0.746. The lowest BCUT2D eigenvalue weighted by Crippen LogP contribution is -2.46. The number of rotatable bonds is 3. The van der Waals surface area contributed by atoms with Crippen LogP contribution in [0.25, 0.3) is 0 Å². The smallest absolute Gasteiger partial charge is 0.0897 e. The van der Waals surface area contributed by atoms with Gasteiger partial charge < -0.3 is 5.32 Å². The highest BCUT2D eigenvalue weighted by molar-refractivity contribution is 7.09. The molecule has 94 valence electrons. The zero-order valence-corrected chi connectivity index (χ0v) is 11.5. The first-order valence-electron chi connectivity index (χ1n) is 6.58. The third-order valence-electron chi connectivity index (χ3n) is 4.15. The van der Waals surface area contributed by atoms with E-state index >= 15 is 0 Å². The summed E-state index contributed by atoms with van der Waals surface area (Å²) in [6.07, 6.45) is 5.39. The Morgan fingerprint density at radius 2 is 2.12 bits per heavy atom. The zero-order valence-electron chi connectivity index (χ0n) is 10.6. The number of hydrogen-bond donors (Lipinski definition) is 1. The van der Waals surface area contributed by atoms with E-state index in [0.717, 1.165) is 24.7 Å². The van der Waals surface area contributed by atoms with Gasteiger partial charge in [-0.25, -0.2) is 4.98 Å². The van der Waals surface area contributed by atoms with Crippen LogP contribution in [0.3, 0.4) is 0 Å². The fourth-order valence-corrected chi connectivity index (χ4v) is 3.86. The van der Waals surface area contributed by atoms with Crippen molar-refractivity contribution in [2.45, 2.75) is 57.3 Å². The van der Waals surface area contributed by atoms with Gasteiger partial charge in [0.1, 0.15) is 0 Å². The van der Waals surface area contributed by atoms with Gasteiger partial charge >= 0.3 is 0 Å². The monoisotopic (exact) mass is 251 g/mol. The van der Waals surface area contributed by atoms with Crippen LogP contribution in [0.15, 0.2) is 5.38 Å². The molecule has 0 aliphatic carbocycles. The van der Waals surface area contributed by atoms with E-state index in [1.54, 1.807) is 11.3 Å². The molecule has 2 bridgehead atoms. The lowest BCUT2D eigenvalue weighted by molar-refractivity contribution is 0.164. The summed E-state index contributed by atoms with van der Waals surface area (Å²) in [5.41, 5.74) is 1.24. The Bertz CT molecular complexity index is 378. The molecular formula is C13H21N3S. The molecular weight excluding hydrogens is 230 g/mol. The van der Waals surface area contributed by atoms with Crippen molar-refractivity contribution >= 4 is 11.3 Å². The van der Waals surface area contributed by atoms with Gasteiger partial charge in [-0.15, -0.1) is 11.3 Å². The molecule has 0 saturated carbocycles. The van der Waals surface area contributed by atoms with Crippen LogP contribution in [-0.2, 0) is 6.54 Å². The molecule has 0 spiro atoms. The van der Waals surface area contributed by atoms with Gasteiger partial charge in [0.25, 0.3) is 0 Å². The number of nitrogens with one attached hydrogen (secondary N) is 1. The number of piperidine rings is 1. The average Bonchev–Trinajstić information content (AvgIpc) is 2.85. The Labute approximate surface area is 107 Å². The maximum absolute atomic E-state index is 4.56. The van der Waals surface area contributed by atoms with E-state index in [1.807, 2.05) is 0 Å². The van der Waals surface area contributed by atoms with Crippen LogP contribution in [0.2, 0.25) is 0 Å². The summed E-state index contributed by atoms with van der Waals surface area (Å²) < 4.78 is 0. The summed E-state index contributed by atoms with van der Waals surface area (Å²) in [5, 5.41) is 7.08. The minimum atomic E-state index is 0.746. The Balaban J connectivity index is 1.60. The summed E-state index contributed by atoms with van der Waals surface area (Å²) in [4.78, 5) is 7.06. The molecule has 3 nitrogen and oxygen atoms in total. The van der Waals surface area contributed by atoms with Crippen LogP contribution in [0.5, 0.6) is 0 Å². The van der Waals surface area contributed by atoms with Crippen molar-refractivity contribution in [2.75, 3.05) is 7.05 Å². The second-order valence-corrected chi connectivity index (χ2v) is 6.60. The van der Waals surface area contributed by atoms with Crippen molar-refractivity contribution in [1.29, 1.82) is 0 Å². The van der Waals surface area contributed by atoms with E-state index in [4.69, 9.17) is 0 Å². The third-order valence-corrected chi connectivity index (χ3v) is 4.97. The number of aryl methyl sites for hydroxylation is 1. The second-order valence-electron chi connectivity index (χ2n) is 5.54. The first-order chi connectivity index (χ1) is 8.20. The van der Waals surface area contributed by atoms with E-state index in [0.29, 0.717) is 0 Å². The van der Waals surface area contributed by atoms with Gasteiger partial charge in [-0.2, -0.15) is 0 Å². The van der Waals surface area contributed by atoms with Gasteiger partial charge in [0.2, 0.25) is 0 Å². The van der Waals surface area contributed by atoms with Crippen LogP contribution in [-0.4, -0.2) is 35.1 Å². The number of fused-ring (bicyclic) bond motifs is 2. The zero-order chi connectivity index (χ0) is 11.8. The van der Waals surface area contributed by atoms with Crippen LogP contribution < -0.4 is 5.32 Å². The number of nitrogens with zero attached hydrogens (tertiary/aromatic N) is 2. The topological polar surface area (TPSA) is 28.2 Å². The van der Waals surface area contributed by atoms with Gasteiger partial charge in [-0.05, 0) is 39.7 Å². The van der Waals surface area contributed by atoms with E-state index in [2.05, 4.69) is 34.6 Å². The lowest BCUT2D eigenvalue weighted by Gasteiger charge is -2.35. The molecule has 4 heteroatoms. The molecule has 17 heavy (non-hydrogen) atoms. The molecule has 1 aromatic heterocycles. The van der Waals surface area contributed by atoms with Crippen LogP contribution in [0.1, 0.15) is 36.4 Å². The highest BCUT2D eigenvalue weighted by Crippen LogP contribution is 2.29. The number of thiazole rings is 1. The molecule has 2 unspecified atom stereocenters. The molecule has 3 rings (SSSR count).